The van der Waals surface area contributed by atoms with Gasteiger partial charge < -0.3 is 5.32 Å². The normalized spacial score (nSPS) is 22.8. The zero-order valence-corrected chi connectivity index (χ0v) is 18.3. The summed E-state index contributed by atoms with van der Waals surface area (Å²) in [7, 11) is 0. The molecule has 2 fully saturated rings. The van der Waals surface area contributed by atoms with Gasteiger partial charge in [-0.3, -0.25) is 29.2 Å². The van der Waals surface area contributed by atoms with Gasteiger partial charge in [-0.05, 0) is 81.0 Å². The van der Waals surface area contributed by atoms with E-state index in [-0.39, 0.29) is 11.0 Å². The predicted molar refractivity (Wildman–Crippen MR) is 119 cm³/mol. The molecule has 3 amide bonds. The summed E-state index contributed by atoms with van der Waals surface area (Å²) in [5, 5.41) is 3.20. The number of amides is 3. The number of carbonyl (C=O) groups excluding carboxylic acids is 3. The van der Waals surface area contributed by atoms with E-state index < -0.39 is 17.7 Å². The molecule has 2 heterocycles. The Hall–Kier alpha value is -2.52. The number of nitrogens with one attached hydrogen (secondary N) is 1. The Morgan fingerprint density at radius 3 is 2.55 bits per heavy atom. The number of benzene rings is 1. The van der Waals surface area contributed by atoms with Crippen molar-refractivity contribution < 1.29 is 14.4 Å². The summed E-state index contributed by atoms with van der Waals surface area (Å²) in [6.45, 7) is 8.65. The van der Waals surface area contributed by atoms with Crippen molar-refractivity contribution in [2.45, 2.75) is 27.7 Å². The summed E-state index contributed by atoms with van der Waals surface area (Å²) >= 11 is 6.42. The summed E-state index contributed by atoms with van der Waals surface area (Å²) in [4.78, 5) is 45.9. The maximum absolute atomic E-state index is 13.2. The van der Waals surface area contributed by atoms with Crippen LogP contribution in [0.5, 0.6) is 0 Å². The first kappa shape index (κ1) is 21.2. The zero-order chi connectivity index (χ0) is 21.3. The fraction of sp³-hybridized carbons (Fsp3) is 0.350. The van der Waals surface area contributed by atoms with Crippen molar-refractivity contribution in [3.63, 3.8) is 0 Å². The fourth-order valence-corrected chi connectivity index (χ4v) is 4.46. The quantitative estimate of drug-likeness (QED) is 0.451. The molecule has 3 rings (SSSR count). The summed E-state index contributed by atoms with van der Waals surface area (Å²) in [5.41, 5.74) is 2.67. The number of anilines is 1. The number of rotatable bonds is 4. The molecular formula is C20H22N4O3S2. The summed E-state index contributed by atoms with van der Waals surface area (Å²) in [5.74, 6) is -2.41. The molecule has 29 heavy (non-hydrogen) atoms. The van der Waals surface area contributed by atoms with Crippen molar-refractivity contribution in [2.24, 2.45) is 10.9 Å². The molecule has 1 atom stereocenters. The van der Waals surface area contributed by atoms with Gasteiger partial charge in [-0.2, -0.15) is 0 Å². The van der Waals surface area contributed by atoms with E-state index in [1.54, 1.807) is 6.07 Å². The average Bonchev–Trinajstić information content (AvgIpc) is 2.96. The van der Waals surface area contributed by atoms with Crippen LogP contribution in [-0.2, 0) is 14.4 Å². The summed E-state index contributed by atoms with van der Waals surface area (Å²) < 4.78 is 0. The van der Waals surface area contributed by atoms with Gasteiger partial charge in [0.2, 0.25) is 11.8 Å². The van der Waals surface area contributed by atoms with Crippen LogP contribution in [-0.4, -0.2) is 46.0 Å². The van der Waals surface area contributed by atoms with E-state index in [4.69, 9.17) is 12.2 Å². The van der Waals surface area contributed by atoms with Crippen molar-refractivity contribution in [1.82, 2.24) is 10.2 Å². The molecule has 0 aliphatic carbocycles. The first-order valence-electron chi connectivity index (χ1n) is 9.30. The monoisotopic (exact) mass is 430 g/mol. The molecule has 0 bridgehead atoms. The van der Waals surface area contributed by atoms with Crippen LogP contribution in [0.1, 0.15) is 25.0 Å². The van der Waals surface area contributed by atoms with E-state index in [9.17, 15) is 14.4 Å². The maximum atomic E-state index is 13.2. The van der Waals surface area contributed by atoms with Gasteiger partial charge in [-0.15, -0.1) is 0 Å². The van der Waals surface area contributed by atoms with E-state index in [0.717, 1.165) is 11.1 Å². The van der Waals surface area contributed by atoms with Gasteiger partial charge in [0.25, 0.3) is 5.91 Å². The van der Waals surface area contributed by atoms with Crippen LogP contribution in [0.15, 0.2) is 34.2 Å². The number of thiocarbonyl (C=S) groups is 1. The van der Waals surface area contributed by atoms with Gasteiger partial charge in [0.15, 0.2) is 10.3 Å². The molecule has 0 radical (unpaired) electrons. The van der Waals surface area contributed by atoms with Gasteiger partial charge in [0.1, 0.15) is 5.92 Å². The van der Waals surface area contributed by atoms with Gasteiger partial charge in [-0.1, -0.05) is 6.07 Å². The third-order valence-electron chi connectivity index (χ3n) is 4.77. The Morgan fingerprint density at radius 1 is 1.21 bits per heavy atom. The van der Waals surface area contributed by atoms with Crippen LogP contribution < -0.4 is 10.2 Å². The maximum Gasteiger partial charge on any atom is 0.266 e. The van der Waals surface area contributed by atoms with Crippen molar-refractivity contribution in [2.75, 3.05) is 18.0 Å². The third-order valence-corrected chi connectivity index (χ3v) is 6.11. The van der Waals surface area contributed by atoms with Crippen LogP contribution in [0, 0.1) is 19.8 Å². The largest absolute Gasteiger partial charge is 0.301 e. The molecule has 152 valence electrons. The van der Waals surface area contributed by atoms with Crippen LogP contribution in [0.2, 0.25) is 0 Å². The minimum absolute atomic E-state index is 0.0340. The Bertz CT molecular complexity index is 970. The lowest BCUT2D eigenvalue weighted by Crippen LogP contribution is -2.57. The molecule has 0 unspecified atom stereocenters. The lowest BCUT2D eigenvalue weighted by atomic mass is 10.0. The number of likely N-dealkylation sites (N-methyl/N-ethyl adjacent to an activating group) is 1. The molecule has 0 aromatic heterocycles. The molecule has 0 spiro atoms. The average molecular weight is 431 g/mol. The predicted octanol–water partition coefficient (Wildman–Crippen LogP) is 2.52. The zero-order valence-electron chi connectivity index (χ0n) is 16.7. The lowest BCUT2D eigenvalue weighted by Gasteiger charge is -2.31. The number of thioether (sulfide) groups is 1. The molecule has 9 heteroatoms. The SMILES string of the molecule is CCN=C1S/C(=C/[C@@H]2C(=O)NC(=S)N(c3ccc(C)c(C)c3)C2=O)C(=O)N1CC. The molecule has 1 aromatic carbocycles. The van der Waals surface area contributed by atoms with Gasteiger partial charge in [0, 0.05) is 13.1 Å². The van der Waals surface area contributed by atoms with Crippen LogP contribution in [0.3, 0.4) is 0 Å². The van der Waals surface area contributed by atoms with Crippen LogP contribution in [0.25, 0.3) is 0 Å². The second kappa shape index (κ2) is 8.46. The minimum atomic E-state index is -1.14. The highest BCUT2D eigenvalue weighted by Crippen LogP contribution is 2.33. The first-order valence-corrected chi connectivity index (χ1v) is 10.5. The van der Waals surface area contributed by atoms with Crippen LogP contribution >= 0.6 is 24.0 Å². The Labute approximate surface area is 179 Å². The van der Waals surface area contributed by atoms with Crippen LogP contribution in [0.4, 0.5) is 5.69 Å². The summed E-state index contributed by atoms with van der Waals surface area (Å²) in [6, 6.07) is 5.53. The number of carbonyl (C=O) groups is 3. The van der Waals surface area contributed by atoms with E-state index in [0.29, 0.717) is 28.8 Å². The number of hydrogen-bond acceptors (Lipinski definition) is 6. The topological polar surface area (TPSA) is 82.1 Å². The van der Waals surface area contributed by atoms with E-state index in [2.05, 4.69) is 10.3 Å². The molecule has 7 nitrogen and oxygen atoms in total. The molecular weight excluding hydrogens is 408 g/mol. The highest BCUT2D eigenvalue weighted by molar-refractivity contribution is 8.18. The van der Waals surface area contributed by atoms with Crippen molar-refractivity contribution in [3.05, 3.63) is 40.3 Å². The Morgan fingerprint density at radius 2 is 1.93 bits per heavy atom. The number of aliphatic imine (C=N–C) groups is 1. The second-order valence-electron chi connectivity index (χ2n) is 6.65. The van der Waals surface area contributed by atoms with Crippen molar-refractivity contribution >= 4 is 57.7 Å². The number of amidine groups is 1. The number of nitrogens with zero attached hydrogens (tertiary/aromatic N) is 3. The fourth-order valence-electron chi connectivity index (χ4n) is 3.05. The van der Waals surface area contributed by atoms with Crippen molar-refractivity contribution in [3.8, 4) is 0 Å². The lowest BCUT2D eigenvalue weighted by molar-refractivity contribution is -0.131. The molecule has 0 saturated carbocycles. The Kier molecular flexibility index (Phi) is 6.18. The minimum Gasteiger partial charge on any atom is -0.301 e. The van der Waals surface area contributed by atoms with Gasteiger partial charge in [-0.25, -0.2) is 0 Å². The molecule has 2 aliphatic heterocycles. The molecule has 2 aliphatic rings. The highest BCUT2D eigenvalue weighted by Gasteiger charge is 2.41. The number of hydrogen-bond donors (Lipinski definition) is 1. The van der Waals surface area contributed by atoms with E-state index in [1.165, 1.54) is 27.6 Å². The standard InChI is InChI=1S/C20H22N4O3S2/c1-5-21-20-23(6-2)18(27)15(29-20)10-14-16(25)22-19(28)24(17(14)26)13-8-7-11(3)12(4)9-13/h7-10,14H,5-6H2,1-4H3,(H,22,25,28)/b15-10+,21-20?/t14-/m1/s1. The number of aryl methyl sites for hydroxylation is 2. The third kappa shape index (κ3) is 3.97. The highest BCUT2D eigenvalue weighted by atomic mass is 32.2. The van der Waals surface area contributed by atoms with Crippen molar-refractivity contribution in [1.29, 1.82) is 0 Å². The summed E-state index contributed by atoms with van der Waals surface area (Å²) in [6.07, 6.45) is 1.42. The first-order chi connectivity index (χ1) is 13.8. The van der Waals surface area contributed by atoms with E-state index >= 15 is 0 Å². The molecule has 2 saturated heterocycles. The van der Waals surface area contributed by atoms with Gasteiger partial charge in [0.05, 0.1) is 10.6 Å². The smallest absolute Gasteiger partial charge is 0.266 e. The van der Waals surface area contributed by atoms with Gasteiger partial charge >= 0.3 is 0 Å². The molecule has 1 aromatic rings. The molecule has 1 N–H and O–H groups in total. The second-order valence-corrected chi connectivity index (χ2v) is 8.05. The Balaban J connectivity index is 1.96. The van der Waals surface area contributed by atoms with E-state index in [1.807, 2.05) is 39.8 Å².